The van der Waals surface area contributed by atoms with E-state index in [0.29, 0.717) is 46.8 Å². The maximum Gasteiger partial charge on any atom is 0.266 e. The Labute approximate surface area is 202 Å². The summed E-state index contributed by atoms with van der Waals surface area (Å²) in [6.07, 6.45) is 1.19. The summed E-state index contributed by atoms with van der Waals surface area (Å²) in [6, 6.07) is 19.3. The molecular formula is C27H25ClFN3O2. The van der Waals surface area contributed by atoms with Crippen molar-refractivity contribution >= 4 is 28.4 Å². The maximum absolute atomic E-state index is 13.9. The van der Waals surface area contributed by atoms with Crippen molar-refractivity contribution in [2.24, 2.45) is 0 Å². The Hall–Kier alpha value is -3.51. The molecule has 0 radical (unpaired) electrons. The Bertz CT molecular complexity index is 1400. The first-order valence-corrected chi connectivity index (χ1v) is 11.7. The van der Waals surface area contributed by atoms with E-state index in [1.54, 1.807) is 53.4 Å². The molecule has 0 bridgehead atoms. The van der Waals surface area contributed by atoms with E-state index in [1.807, 2.05) is 19.9 Å². The van der Waals surface area contributed by atoms with Crippen molar-refractivity contribution in [3.63, 3.8) is 0 Å². The monoisotopic (exact) mass is 477 g/mol. The third kappa shape index (κ3) is 4.59. The lowest BCUT2D eigenvalue weighted by atomic mass is 10.1. The van der Waals surface area contributed by atoms with Crippen LogP contribution in [0.25, 0.3) is 16.6 Å². The molecule has 34 heavy (non-hydrogen) atoms. The number of carbonyl (C=O) groups excluding carboxylic acids is 1. The lowest BCUT2D eigenvalue weighted by Gasteiger charge is -2.32. The van der Waals surface area contributed by atoms with Crippen molar-refractivity contribution < 1.29 is 9.18 Å². The summed E-state index contributed by atoms with van der Waals surface area (Å²) >= 11 is 6.25. The summed E-state index contributed by atoms with van der Waals surface area (Å²) in [5.74, 6) is -0.352. The fourth-order valence-corrected chi connectivity index (χ4v) is 4.39. The highest BCUT2D eigenvalue weighted by Gasteiger charge is 2.29. The topological polar surface area (TPSA) is 55.2 Å². The Balaban J connectivity index is 1.95. The van der Waals surface area contributed by atoms with Crippen molar-refractivity contribution in [3.8, 4) is 5.69 Å². The second kappa shape index (κ2) is 10.2. The molecule has 1 heterocycles. The highest BCUT2D eigenvalue weighted by molar-refractivity contribution is 6.30. The molecule has 0 aliphatic rings. The first kappa shape index (κ1) is 23.6. The lowest BCUT2D eigenvalue weighted by molar-refractivity contribution is 0.0658. The fourth-order valence-electron chi connectivity index (χ4n) is 4.21. The average molecular weight is 478 g/mol. The number of hydrogen-bond donors (Lipinski definition) is 0. The number of aromatic nitrogens is 2. The normalized spacial score (nSPS) is 12.0. The highest BCUT2D eigenvalue weighted by Crippen LogP contribution is 2.28. The quantitative estimate of drug-likeness (QED) is 0.319. The van der Waals surface area contributed by atoms with E-state index in [1.165, 1.54) is 22.8 Å². The second-order valence-corrected chi connectivity index (χ2v) is 8.48. The molecule has 3 aromatic carbocycles. The third-order valence-corrected chi connectivity index (χ3v) is 5.96. The predicted molar refractivity (Wildman–Crippen MR) is 133 cm³/mol. The van der Waals surface area contributed by atoms with Gasteiger partial charge in [0.25, 0.3) is 11.5 Å². The number of benzene rings is 3. The molecule has 4 aromatic rings. The smallest absolute Gasteiger partial charge is 0.266 e. The van der Waals surface area contributed by atoms with Crippen LogP contribution >= 0.6 is 11.6 Å². The fraction of sp³-hybridized carbons (Fsp3) is 0.222. The van der Waals surface area contributed by atoms with E-state index in [2.05, 4.69) is 0 Å². The minimum Gasteiger partial charge on any atom is -0.328 e. The van der Waals surface area contributed by atoms with Gasteiger partial charge in [0.15, 0.2) is 0 Å². The molecule has 5 nitrogen and oxygen atoms in total. The van der Waals surface area contributed by atoms with Gasteiger partial charge in [0, 0.05) is 17.1 Å². The second-order valence-electron chi connectivity index (χ2n) is 8.04. The van der Waals surface area contributed by atoms with Crippen LogP contribution in [0.3, 0.4) is 0 Å². The molecule has 7 heteroatoms. The van der Waals surface area contributed by atoms with Crippen LogP contribution in [-0.2, 0) is 0 Å². The largest absolute Gasteiger partial charge is 0.328 e. The van der Waals surface area contributed by atoms with Crippen LogP contribution in [-0.4, -0.2) is 26.9 Å². The van der Waals surface area contributed by atoms with Crippen molar-refractivity contribution in [1.82, 2.24) is 14.5 Å². The molecule has 1 amide bonds. The minimum absolute atomic E-state index is 0.240. The molecule has 0 saturated heterocycles. The number of para-hydroxylation sites is 1. The van der Waals surface area contributed by atoms with Crippen molar-refractivity contribution in [3.05, 3.63) is 105 Å². The van der Waals surface area contributed by atoms with E-state index in [9.17, 15) is 14.0 Å². The molecular weight excluding hydrogens is 453 g/mol. The molecule has 174 valence electrons. The van der Waals surface area contributed by atoms with Gasteiger partial charge in [-0.15, -0.1) is 0 Å². The van der Waals surface area contributed by atoms with Gasteiger partial charge in [-0.3, -0.25) is 14.2 Å². The average Bonchev–Trinajstić information content (AvgIpc) is 2.83. The minimum atomic E-state index is -0.521. The van der Waals surface area contributed by atoms with Crippen molar-refractivity contribution in [2.45, 2.75) is 32.7 Å². The van der Waals surface area contributed by atoms with Crippen LogP contribution in [0.15, 0.2) is 77.6 Å². The lowest BCUT2D eigenvalue weighted by Crippen LogP contribution is -2.39. The number of amides is 1. The molecule has 0 fully saturated rings. The zero-order valence-electron chi connectivity index (χ0n) is 19.0. The number of carbonyl (C=O) groups is 1. The van der Waals surface area contributed by atoms with Gasteiger partial charge in [-0.2, -0.15) is 0 Å². The Morgan fingerprint density at radius 3 is 2.53 bits per heavy atom. The van der Waals surface area contributed by atoms with Crippen molar-refractivity contribution in [2.75, 3.05) is 6.54 Å². The summed E-state index contributed by atoms with van der Waals surface area (Å²) in [5.41, 5.74) is 1.13. The van der Waals surface area contributed by atoms with Crippen molar-refractivity contribution in [1.29, 1.82) is 0 Å². The van der Waals surface area contributed by atoms with Crippen LogP contribution in [0.1, 0.15) is 48.9 Å². The van der Waals surface area contributed by atoms with E-state index in [-0.39, 0.29) is 17.0 Å². The van der Waals surface area contributed by atoms with Crippen LogP contribution in [0.5, 0.6) is 0 Å². The molecule has 1 atom stereocenters. The number of rotatable bonds is 7. The molecule has 1 aromatic heterocycles. The van der Waals surface area contributed by atoms with Crippen LogP contribution in [0.4, 0.5) is 4.39 Å². The van der Waals surface area contributed by atoms with Gasteiger partial charge < -0.3 is 4.90 Å². The first-order chi connectivity index (χ1) is 16.4. The molecule has 0 aliphatic heterocycles. The predicted octanol–water partition coefficient (Wildman–Crippen LogP) is 6.18. The van der Waals surface area contributed by atoms with Crippen LogP contribution < -0.4 is 5.56 Å². The maximum atomic E-state index is 13.9. The number of fused-ring (bicyclic) bond motifs is 1. The standard InChI is InChI=1S/C27H25ClFN3O2/c1-3-15-31(26(33)18-9-7-11-20(29)16-18)24(4-2)25-30-23-14-6-5-13-22(23)27(34)32(25)21-12-8-10-19(28)17-21/h5-14,16-17,24H,3-4,15H2,1-2H3. The van der Waals surface area contributed by atoms with Gasteiger partial charge in [0.05, 0.1) is 22.6 Å². The van der Waals surface area contributed by atoms with Gasteiger partial charge in [-0.25, -0.2) is 9.37 Å². The van der Waals surface area contributed by atoms with Gasteiger partial charge in [-0.1, -0.05) is 49.7 Å². The first-order valence-electron chi connectivity index (χ1n) is 11.3. The Morgan fingerprint density at radius 1 is 1.06 bits per heavy atom. The number of halogens is 2. The zero-order valence-corrected chi connectivity index (χ0v) is 19.8. The summed E-state index contributed by atoms with van der Waals surface area (Å²) in [6.45, 7) is 4.33. The molecule has 0 N–H and O–H groups in total. The number of nitrogens with zero attached hydrogens (tertiary/aromatic N) is 3. The molecule has 4 rings (SSSR count). The SMILES string of the molecule is CCCN(C(=O)c1cccc(F)c1)C(CC)c1nc2ccccc2c(=O)n1-c1cccc(Cl)c1. The van der Waals surface area contributed by atoms with Gasteiger partial charge in [0.1, 0.15) is 11.6 Å². The highest BCUT2D eigenvalue weighted by atomic mass is 35.5. The van der Waals surface area contributed by atoms with Crippen LogP contribution in [0.2, 0.25) is 5.02 Å². The summed E-state index contributed by atoms with van der Waals surface area (Å²) < 4.78 is 15.4. The van der Waals surface area contributed by atoms with Gasteiger partial charge in [-0.05, 0) is 61.4 Å². The van der Waals surface area contributed by atoms with E-state index < -0.39 is 11.9 Å². The van der Waals surface area contributed by atoms with E-state index >= 15 is 0 Å². The molecule has 0 spiro atoms. The van der Waals surface area contributed by atoms with Crippen LogP contribution in [0, 0.1) is 5.82 Å². The summed E-state index contributed by atoms with van der Waals surface area (Å²) in [4.78, 5) is 33.7. The van der Waals surface area contributed by atoms with Gasteiger partial charge >= 0.3 is 0 Å². The van der Waals surface area contributed by atoms with E-state index in [0.717, 1.165) is 0 Å². The molecule has 1 unspecified atom stereocenters. The van der Waals surface area contributed by atoms with Gasteiger partial charge in [0.2, 0.25) is 0 Å². The summed E-state index contributed by atoms with van der Waals surface area (Å²) in [5, 5.41) is 0.956. The number of hydrogen-bond acceptors (Lipinski definition) is 3. The Morgan fingerprint density at radius 2 is 1.82 bits per heavy atom. The molecule has 0 aliphatic carbocycles. The summed E-state index contributed by atoms with van der Waals surface area (Å²) in [7, 11) is 0. The van der Waals surface area contributed by atoms with E-state index in [4.69, 9.17) is 16.6 Å². The third-order valence-electron chi connectivity index (χ3n) is 5.73. The Kier molecular flexibility index (Phi) is 7.08. The zero-order chi connectivity index (χ0) is 24.2. The molecule has 0 saturated carbocycles.